The van der Waals surface area contributed by atoms with Crippen molar-refractivity contribution in [3.63, 3.8) is 0 Å². The number of likely N-dealkylation sites (N-methyl/N-ethyl adjacent to an activating group) is 1. The number of nitrogens with zero attached hydrogens (tertiary/aromatic N) is 1. The van der Waals surface area contributed by atoms with Crippen molar-refractivity contribution in [2.45, 2.75) is 11.8 Å². The standard InChI is InChI=1S/C18H20N2O6S/c1-3-24-14-5-7-15(8-6-14)27(22,23)20(2)11-18(21)19-13-4-9-16-17(10-13)26-12-25-16/h4-10H,3,11-12H2,1-2H3,(H,19,21). The van der Waals surface area contributed by atoms with Gasteiger partial charge in [-0.3, -0.25) is 4.79 Å². The molecule has 27 heavy (non-hydrogen) atoms. The molecule has 1 amide bonds. The van der Waals surface area contributed by atoms with E-state index in [1.54, 1.807) is 30.3 Å². The molecule has 0 saturated carbocycles. The Kier molecular flexibility index (Phi) is 5.52. The lowest BCUT2D eigenvalue weighted by Gasteiger charge is -2.17. The molecule has 0 unspecified atom stereocenters. The summed E-state index contributed by atoms with van der Waals surface area (Å²) in [4.78, 5) is 12.3. The number of ether oxygens (including phenoxy) is 3. The molecule has 0 spiro atoms. The van der Waals surface area contributed by atoms with E-state index in [0.29, 0.717) is 29.5 Å². The molecule has 0 bridgehead atoms. The summed E-state index contributed by atoms with van der Waals surface area (Å²) < 4.78 is 42.0. The van der Waals surface area contributed by atoms with Crippen molar-refractivity contribution in [3.8, 4) is 17.2 Å². The highest BCUT2D eigenvalue weighted by molar-refractivity contribution is 7.89. The topological polar surface area (TPSA) is 94.2 Å². The predicted molar refractivity (Wildman–Crippen MR) is 98.6 cm³/mol. The molecule has 144 valence electrons. The highest BCUT2D eigenvalue weighted by atomic mass is 32.2. The van der Waals surface area contributed by atoms with Crippen LogP contribution in [0, 0.1) is 0 Å². The first-order chi connectivity index (χ1) is 12.9. The van der Waals surface area contributed by atoms with Gasteiger partial charge in [-0.15, -0.1) is 0 Å². The summed E-state index contributed by atoms with van der Waals surface area (Å²) in [6.45, 7) is 2.14. The summed E-state index contributed by atoms with van der Waals surface area (Å²) in [5.41, 5.74) is 0.496. The van der Waals surface area contributed by atoms with Gasteiger partial charge in [0, 0.05) is 18.8 Å². The SMILES string of the molecule is CCOc1ccc(S(=O)(=O)N(C)CC(=O)Nc2ccc3c(c2)OCO3)cc1. The maximum Gasteiger partial charge on any atom is 0.243 e. The Morgan fingerprint density at radius 2 is 1.85 bits per heavy atom. The van der Waals surface area contributed by atoms with Gasteiger partial charge in [0.2, 0.25) is 22.7 Å². The summed E-state index contributed by atoms with van der Waals surface area (Å²) in [6.07, 6.45) is 0. The van der Waals surface area contributed by atoms with E-state index in [2.05, 4.69) is 5.32 Å². The van der Waals surface area contributed by atoms with E-state index < -0.39 is 15.9 Å². The van der Waals surface area contributed by atoms with E-state index in [1.807, 2.05) is 6.92 Å². The molecular formula is C18H20N2O6S. The fourth-order valence-electron chi connectivity index (χ4n) is 2.52. The van der Waals surface area contributed by atoms with Gasteiger partial charge in [0.1, 0.15) is 5.75 Å². The summed E-state index contributed by atoms with van der Waals surface area (Å²) in [7, 11) is -2.44. The smallest absolute Gasteiger partial charge is 0.243 e. The Morgan fingerprint density at radius 1 is 1.15 bits per heavy atom. The van der Waals surface area contributed by atoms with E-state index in [1.165, 1.54) is 19.2 Å². The molecule has 9 heteroatoms. The summed E-state index contributed by atoms with van der Waals surface area (Å²) in [5.74, 6) is 1.25. The minimum atomic E-state index is -3.80. The van der Waals surface area contributed by atoms with Gasteiger partial charge in [0.15, 0.2) is 11.5 Å². The van der Waals surface area contributed by atoms with Gasteiger partial charge in [0.25, 0.3) is 0 Å². The van der Waals surface area contributed by atoms with Crippen LogP contribution in [0.5, 0.6) is 17.2 Å². The zero-order valence-electron chi connectivity index (χ0n) is 15.0. The van der Waals surface area contributed by atoms with Gasteiger partial charge >= 0.3 is 0 Å². The molecule has 1 heterocycles. The number of fused-ring (bicyclic) bond motifs is 1. The second-order valence-electron chi connectivity index (χ2n) is 5.78. The number of hydrogen-bond acceptors (Lipinski definition) is 6. The summed E-state index contributed by atoms with van der Waals surface area (Å²) >= 11 is 0. The van der Waals surface area contributed by atoms with Gasteiger partial charge in [0.05, 0.1) is 18.0 Å². The first kappa shape index (κ1) is 19.0. The highest BCUT2D eigenvalue weighted by Gasteiger charge is 2.23. The lowest BCUT2D eigenvalue weighted by molar-refractivity contribution is -0.116. The Balaban J connectivity index is 1.64. The Labute approximate surface area is 157 Å². The number of carbonyl (C=O) groups is 1. The molecule has 0 atom stereocenters. The monoisotopic (exact) mass is 392 g/mol. The van der Waals surface area contributed by atoms with Crippen LogP contribution < -0.4 is 19.5 Å². The second kappa shape index (κ2) is 7.85. The number of carbonyl (C=O) groups excluding carboxylic acids is 1. The number of rotatable bonds is 7. The molecule has 2 aromatic carbocycles. The van der Waals surface area contributed by atoms with Gasteiger partial charge in [-0.05, 0) is 43.3 Å². The Hall–Kier alpha value is -2.78. The lowest BCUT2D eigenvalue weighted by atomic mass is 10.3. The van der Waals surface area contributed by atoms with E-state index in [4.69, 9.17) is 14.2 Å². The van der Waals surface area contributed by atoms with E-state index in [0.717, 1.165) is 4.31 Å². The van der Waals surface area contributed by atoms with Crippen LogP contribution in [0.1, 0.15) is 6.92 Å². The zero-order chi connectivity index (χ0) is 19.4. The molecule has 3 rings (SSSR count). The van der Waals surface area contributed by atoms with E-state index in [-0.39, 0.29) is 18.2 Å². The first-order valence-corrected chi connectivity index (χ1v) is 9.73. The number of anilines is 1. The fourth-order valence-corrected chi connectivity index (χ4v) is 3.64. The lowest BCUT2D eigenvalue weighted by Crippen LogP contribution is -2.34. The quantitative estimate of drug-likeness (QED) is 0.775. The van der Waals surface area contributed by atoms with Gasteiger partial charge in [-0.1, -0.05) is 0 Å². The van der Waals surface area contributed by atoms with Crippen LogP contribution >= 0.6 is 0 Å². The van der Waals surface area contributed by atoms with Crippen LogP contribution in [-0.4, -0.2) is 45.6 Å². The van der Waals surface area contributed by atoms with Crippen LogP contribution in [0.3, 0.4) is 0 Å². The second-order valence-corrected chi connectivity index (χ2v) is 7.83. The van der Waals surface area contributed by atoms with Gasteiger partial charge < -0.3 is 19.5 Å². The molecule has 0 fully saturated rings. The molecule has 1 aliphatic heterocycles. The number of sulfonamides is 1. The van der Waals surface area contributed by atoms with Crippen LogP contribution in [0.2, 0.25) is 0 Å². The molecule has 0 aromatic heterocycles. The van der Waals surface area contributed by atoms with Gasteiger partial charge in [-0.25, -0.2) is 8.42 Å². The number of benzene rings is 2. The summed E-state index contributed by atoms with van der Waals surface area (Å²) in [6, 6.07) is 11.0. The van der Waals surface area contributed by atoms with Crippen molar-refractivity contribution in [1.29, 1.82) is 0 Å². The van der Waals surface area contributed by atoms with Crippen molar-refractivity contribution in [1.82, 2.24) is 4.31 Å². The first-order valence-electron chi connectivity index (χ1n) is 8.29. The highest BCUT2D eigenvalue weighted by Crippen LogP contribution is 2.34. The largest absolute Gasteiger partial charge is 0.494 e. The van der Waals surface area contributed by atoms with Crippen LogP contribution in [0.15, 0.2) is 47.4 Å². The normalized spacial score (nSPS) is 12.9. The zero-order valence-corrected chi connectivity index (χ0v) is 15.8. The van der Waals surface area contributed by atoms with Gasteiger partial charge in [-0.2, -0.15) is 4.31 Å². The molecule has 0 aliphatic carbocycles. The molecule has 1 N–H and O–H groups in total. The molecule has 8 nitrogen and oxygen atoms in total. The van der Waals surface area contributed by atoms with E-state index >= 15 is 0 Å². The average molecular weight is 392 g/mol. The number of hydrogen-bond donors (Lipinski definition) is 1. The molecule has 0 saturated heterocycles. The van der Waals surface area contributed by atoms with Crippen molar-refractivity contribution >= 4 is 21.6 Å². The molecular weight excluding hydrogens is 372 g/mol. The third kappa shape index (κ3) is 4.32. The average Bonchev–Trinajstić information content (AvgIpc) is 3.10. The number of nitrogens with one attached hydrogen (secondary N) is 1. The van der Waals surface area contributed by atoms with Crippen LogP contribution in [0.4, 0.5) is 5.69 Å². The van der Waals surface area contributed by atoms with Crippen molar-refractivity contribution in [2.75, 3.05) is 32.3 Å². The predicted octanol–water partition coefficient (Wildman–Crippen LogP) is 2.07. The fraction of sp³-hybridized carbons (Fsp3) is 0.278. The molecule has 0 radical (unpaired) electrons. The van der Waals surface area contributed by atoms with Crippen LogP contribution in [0.25, 0.3) is 0 Å². The summed E-state index contributed by atoms with van der Waals surface area (Å²) in [5, 5.41) is 2.65. The molecule has 1 aliphatic rings. The van der Waals surface area contributed by atoms with Crippen molar-refractivity contribution in [3.05, 3.63) is 42.5 Å². The van der Waals surface area contributed by atoms with Crippen molar-refractivity contribution in [2.24, 2.45) is 0 Å². The van der Waals surface area contributed by atoms with E-state index in [9.17, 15) is 13.2 Å². The minimum absolute atomic E-state index is 0.0873. The third-order valence-corrected chi connectivity index (χ3v) is 5.68. The molecule has 2 aromatic rings. The minimum Gasteiger partial charge on any atom is -0.494 e. The third-order valence-electron chi connectivity index (χ3n) is 3.87. The Bertz CT molecular complexity index is 927. The maximum absolute atomic E-state index is 12.6. The van der Waals surface area contributed by atoms with Crippen molar-refractivity contribution < 1.29 is 27.4 Å². The Morgan fingerprint density at radius 3 is 2.56 bits per heavy atom. The van der Waals surface area contributed by atoms with Crippen LogP contribution in [-0.2, 0) is 14.8 Å². The maximum atomic E-state index is 12.6. The number of amides is 1.